The molecule has 4 heteroatoms. The van der Waals surface area contributed by atoms with Crippen LogP contribution in [-0.2, 0) is 6.61 Å². The van der Waals surface area contributed by atoms with E-state index in [2.05, 4.69) is 15.9 Å². The molecule has 0 aromatic heterocycles. The van der Waals surface area contributed by atoms with Gasteiger partial charge >= 0.3 is 0 Å². The summed E-state index contributed by atoms with van der Waals surface area (Å²) in [7, 11) is 0. The summed E-state index contributed by atoms with van der Waals surface area (Å²) in [5.74, 6) is 0.704. The number of rotatable bonds is 4. The van der Waals surface area contributed by atoms with Gasteiger partial charge in [0.25, 0.3) is 0 Å². The van der Waals surface area contributed by atoms with Gasteiger partial charge in [0.15, 0.2) is 0 Å². The third kappa shape index (κ3) is 3.34. The normalized spacial score (nSPS) is 10.1. The predicted molar refractivity (Wildman–Crippen MR) is 75.3 cm³/mol. The number of carbonyl (C=O) groups excluding carboxylic acids is 1. The van der Waals surface area contributed by atoms with Crippen LogP contribution in [0.2, 0.25) is 5.02 Å². The van der Waals surface area contributed by atoms with Gasteiger partial charge in [-0.1, -0.05) is 23.7 Å². The Morgan fingerprint density at radius 2 is 1.89 bits per heavy atom. The third-order valence-electron chi connectivity index (χ3n) is 2.40. The van der Waals surface area contributed by atoms with E-state index < -0.39 is 0 Å². The van der Waals surface area contributed by atoms with Crippen molar-refractivity contribution in [3.05, 3.63) is 63.1 Å². The van der Waals surface area contributed by atoms with Crippen LogP contribution in [0.4, 0.5) is 0 Å². The number of hydrogen-bond acceptors (Lipinski definition) is 2. The molecule has 0 aliphatic rings. The molecule has 0 aliphatic heterocycles. The van der Waals surface area contributed by atoms with E-state index in [1.54, 1.807) is 18.2 Å². The van der Waals surface area contributed by atoms with Gasteiger partial charge in [0.05, 0.1) is 4.47 Å². The SMILES string of the molecule is O=Cc1ccc(OCc2ccc(Cl)cc2)c(Br)c1. The Labute approximate surface area is 119 Å². The van der Waals surface area contributed by atoms with Gasteiger partial charge in [-0.25, -0.2) is 0 Å². The van der Waals surface area contributed by atoms with E-state index in [4.69, 9.17) is 16.3 Å². The molecule has 2 aromatic carbocycles. The van der Waals surface area contributed by atoms with Crippen LogP contribution in [-0.4, -0.2) is 6.29 Å². The molecule has 0 aliphatic carbocycles. The number of aldehydes is 1. The molecule has 0 unspecified atom stereocenters. The molecule has 2 aromatic rings. The van der Waals surface area contributed by atoms with Crippen LogP contribution in [0, 0.1) is 0 Å². The van der Waals surface area contributed by atoms with E-state index in [-0.39, 0.29) is 0 Å². The van der Waals surface area contributed by atoms with Crippen LogP contribution in [0.3, 0.4) is 0 Å². The molecule has 0 saturated heterocycles. The summed E-state index contributed by atoms with van der Waals surface area (Å²) in [5, 5.41) is 0.704. The summed E-state index contributed by atoms with van der Waals surface area (Å²) in [6.07, 6.45) is 0.799. The first-order valence-electron chi connectivity index (χ1n) is 5.31. The minimum absolute atomic E-state index is 0.455. The lowest BCUT2D eigenvalue weighted by Crippen LogP contribution is -1.96. The average Bonchev–Trinajstić information content (AvgIpc) is 2.39. The molecular formula is C14H10BrClO2. The van der Waals surface area contributed by atoms with Crippen molar-refractivity contribution < 1.29 is 9.53 Å². The Bertz CT molecular complexity index is 552. The monoisotopic (exact) mass is 324 g/mol. The van der Waals surface area contributed by atoms with Gasteiger partial charge in [-0.15, -0.1) is 0 Å². The molecule has 2 rings (SSSR count). The Kier molecular flexibility index (Phi) is 4.39. The standard InChI is InChI=1S/C14H10BrClO2/c15-13-7-11(8-17)3-6-14(13)18-9-10-1-4-12(16)5-2-10/h1-8H,9H2. The van der Waals surface area contributed by atoms with E-state index in [1.807, 2.05) is 24.3 Å². The van der Waals surface area contributed by atoms with E-state index in [0.717, 1.165) is 16.3 Å². The topological polar surface area (TPSA) is 26.3 Å². The summed E-state index contributed by atoms with van der Waals surface area (Å²) in [4.78, 5) is 10.6. The first-order valence-corrected chi connectivity index (χ1v) is 6.48. The van der Waals surface area contributed by atoms with Crippen molar-refractivity contribution in [3.63, 3.8) is 0 Å². The van der Waals surface area contributed by atoms with E-state index in [1.165, 1.54) is 0 Å². The Hall–Kier alpha value is -1.32. The maximum absolute atomic E-state index is 10.6. The largest absolute Gasteiger partial charge is 0.488 e. The van der Waals surface area contributed by atoms with E-state index >= 15 is 0 Å². The summed E-state index contributed by atoms with van der Waals surface area (Å²) in [6, 6.07) is 12.7. The lowest BCUT2D eigenvalue weighted by molar-refractivity contribution is 0.112. The second-order valence-corrected chi connectivity index (χ2v) is 5.01. The van der Waals surface area contributed by atoms with Crippen LogP contribution in [0.1, 0.15) is 15.9 Å². The molecule has 0 N–H and O–H groups in total. The fraction of sp³-hybridized carbons (Fsp3) is 0.0714. The second kappa shape index (κ2) is 6.03. The maximum atomic E-state index is 10.6. The van der Waals surface area contributed by atoms with Gasteiger partial charge in [0, 0.05) is 10.6 Å². The molecule has 0 atom stereocenters. The van der Waals surface area contributed by atoms with Crippen LogP contribution >= 0.6 is 27.5 Å². The van der Waals surface area contributed by atoms with Gasteiger partial charge in [0.1, 0.15) is 18.6 Å². The molecule has 0 spiro atoms. The molecule has 0 saturated carbocycles. The van der Waals surface area contributed by atoms with Crippen molar-refractivity contribution in [3.8, 4) is 5.75 Å². The van der Waals surface area contributed by atoms with Gasteiger partial charge in [0.2, 0.25) is 0 Å². The van der Waals surface area contributed by atoms with Gasteiger partial charge in [-0.05, 0) is 51.8 Å². The van der Waals surface area contributed by atoms with Gasteiger partial charge in [-0.3, -0.25) is 4.79 Å². The lowest BCUT2D eigenvalue weighted by Gasteiger charge is -2.08. The lowest BCUT2D eigenvalue weighted by atomic mass is 10.2. The molecule has 18 heavy (non-hydrogen) atoms. The molecule has 0 heterocycles. The van der Waals surface area contributed by atoms with Crippen molar-refractivity contribution in [1.29, 1.82) is 0 Å². The maximum Gasteiger partial charge on any atom is 0.150 e. The molecule has 92 valence electrons. The number of benzene rings is 2. The van der Waals surface area contributed by atoms with Crippen LogP contribution in [0.25, 0.3) is 0 Å². The zero-order valence-corrected chi connectivity index (χ0v) is 11.7. The molecular weight excluding hydrogens is 316 g/mol. The fourth-order valence-corrected chi connectivity index (χ4v) is 2.09. The number of carbonyl (C=O) groups is 1. The first-order chi connectivity index (χ1) is 8.69. The minimum Gasteiger partial charge on any atom is -0.488 e. The summed E-state index contributed by atoms with van der Waals surface area (Å²) in [5.41, 5.74) is 1.64. The average molecular weight is 326 g/mol. The molecule has 2 nitrogen and oxygen atoms in total. The van der Waals surface area contributed by atoms with Crippen LogP contribution in [0.15, 0.2) is 46.9 Å². The van der Waals surface area contributed by atoms with Crippen LogP contribution < -0.4 is 4.74 Å². The highest BCUT2D eigenvalue weighted by atomic mass is 79.9. The van der Waals surface area contributed by atoms with Crippen molar-refractivity contribution >= 4 is 33.8 Å². The van der Waals surface area contributed by atoms with Crippen molar-refractivity contribution in [1.82, 2.24) is 0 Å². The summed E-state index contributed by atoms with van der Waals surface area (Å²) < 4.78 is 6.42. The Morgan fingerprint density at radius 1 is 1.17 bits per heavy atom. The number of halogens is 2. The zero-order valence-electron chi connectivity index (χ0n) is 9.40. The molecule has 0 bridgehead atoms. The van der Waals surface area contributed by atoms with Crippen LogP contribution in [0.5, 0.6) is 5.75 Å². The highest BCUT2D eigenvalue weighted by molar-refractivity contribution is 9.10. The first kappa shape index (κ1) is 13.1. The predicted octanol–water partition coefficient (Wildman–Crippen LogP) is 4.49. The third-order valence-corrected chi connectivity index (χ3v) is 3.27. The Morgan fingerprint density at radius 3 is 2.50 bits per heavy atom. The zero-order chi connectivity index (χ0) is 13.0. The second-order valence-electron chi connectivity index (χ2n) is 3.72. The summed E-state index contributed by atoms with van der Waals surface area (Å²) >= 11 is 9.17. The van der Waals surface area contributed by atoms with Crippen molar-refractivity contribution in [2.24, 2.45) is 0 Å². The highest BCUT2D eigenvalue weighted by Crippen LogP contribution is 2.26. The Balaban J connectivity index is 2.06. The van der Waals surface area contributed by atoms with Gasteiger partial charge in [-0.2, -0.15) is 0 Å². The molecule has 0 radical (unpaired) electrons. The van der Waals surface area contributed by atoms with E-state index in [9.17, 15) is 4.79 Å². The quantitative estimate of drug-likeness (QED) is 0.774. The minimum atomic E-state index is 0.455. The van der Waals surface area contributed by atoms with Crippen molar-refractivity contribution in [2.45, 2.75) is 6.61 Å². The summed E-state index contributed by atoms with van der Waals surface area (Å²) in [6.45, 7) is 0.455. The number of ether oxygens (including phenoxy) is 1. The number of hydrogen-bond donors (Lipinski definition) is 0. The van der Waals surface area contributed by atoms with Crippen molar-refractivity contribution in [2.75, 3.05) is 0 Å². The molecule has 0 amide bonds. The van der Waals surface area contributed by atoms with Gasteiger partial charge < -0.3 is 4.74 Å². The highest BCUT2D eigenvalue weighted by Gasteiger charge is 2.03. The van der Waals surface area contributed by atoms with E-state index in [0.29, 0.717) is 22.9 Å². The smallest absolute Gasteiger partial charge is 0.150 e. The molecule has 0 fully saturated rings. The fourth-order valence-electron chi connectivity index (χ4n) is 1.45.